The maximum Gasteiger partial charge on any atom is 0.126 e. The lowest BCUT2D eigenvalue weighted by Crippen LogP contribution is -2.63. The maximum atomic E-state index is 2.89. The van der Waals surface area contributed by atoms with Gasteiger partial charge in [-0.15, -0.1) is 0 Å². The summed E-state index contributed by atoms with van der Waals surface area (Å²) in [6, 6.07) is 0.641. The normalized spacial score (nSPS) is 36.1. The molecule has 2 unspecified atom stereocenters. The molecule has 1 nitrogen and oxygen atoms in total. The van der Waals surface area contributed by atoms with Crippen LogP contribution >= 0.6 is 0 Å². The third-order valence-electron chi connectivity index (χ3n) is 6.30. The average molecular weight is 298 g/mol. The molecule has 0 aromatic carbocycles. The van der Waals surface area contributed by atoms with Crippen LogP contribution in [-0.4, -0.2) is 24.4 Å². The van der Waals surface area contributed by atoms with Gasteiger partial charge in [0.15, 0.2) is 0 Å². The molecule has 1 aliphatic rings. The molecule has 1 saturated carbocycles. The van der Waals surface area contributed by atoms with Crippen LogP contribution in [0, 0.1) is 23.7 Å². The Morgan fingerprint density at radius 3 is 1.40 bits per heavy atom. The molecule has 0 spiro atoms. The van der Waals surface area contributed by atoms with Crippen molar-refractivity contribution >= 4 is 8.24 Å². The van der Waals surface area contributed by atoms with Crippen molar-refractivity contribution in [3.63, 3.8) is 0 Å². The summed E-state index contributed by atoms with van der Waals surface area (Å²) in [5, 5.41) is 0. The number of hydrogen-bond donors (Lipinski definition) is 0. The van der Waals surface area contributed by atoms with Gasteiger partial charge in [-0.3, -0.25) is 0 Å². The number of nitrogens with zero attached hydrogens (tertiary/aromatic N) is 1. The highest BCUT2D eigenvalue weighted by molar-refractivity contribution is 6.76. The van der Waals surface area contributed by atoms with Crippen LogP contribution in [0.25, 0.3) is 0 Å². The molecule has 0 aromatic heterocycles. The standard InChI is InChI=1S/C18H39NSi/c1-12(2)19(18(7,8)9)20(10,11)17-15(5)13(3)14(4)16(17)6/h12-17H,1-11H3/t13-,14?,15-,16-,17?/m1/s1. The quantitative estimate of drug-likeness (QED) is 0.610. The molecule has 1 fully saturated rings. The predicted octanol–water partition coefficient (Wildman–Crippen LogP) is 5.63. The minimum absolute atomic E-state index is 0.276. The SMILES string of the molecule is CC1[C@@H](C)C([Si](C)(C)N(C(C)C)C(C)(C)C)[C@H](C)[C@@H]1C. The van der Waals surface area contributed by atoms with Gasteiger partial charge in [0.05, 0.1) is 0 Å². The lowest BCUT2D eigenvalue weighted by Gasteiger charge is -2.53. The summed E-state index contributed by atoms with van der Waals surface area (Å²) in [4.78, 5) is 0. The first kappa shape index (κ1) is 18.2. The van der Waals surface area contributed by atoms with Crippen LogP contribution in [0.3, 0.4) is 0 Å². The van der Waals surface area contributed by atoms with Gasteiger partial charge in [0, 0.05) is 5.54 Å². The van der Waals surface area contributed by atoms with E-state index in [1.807, 2.05) is 0 Å². The molecule has 5 atom stereocenters. The molecule has 0 saturated heterocycles. The van der Waals surface area contributed by atoms with E-state index in [9.17, 15) is 0 Å². The van der Waals surface area contributed by atoms with E-state index in [0.29, 0.717) is 6.04 Å². The van der Waals surface area contributed by atoms with Crippen LogP contribution in [0.2, 0.25) is 18.6 Å². The van der Waals surface area contributed by atoms with E-state index in [-0.39, 0.29) is 5.54 Å². The third-order valence-corrected chi connectivity index (χ3v) is 11.4. The van der Waals surface area contributed by atoms with Crippen LogP contribution in [0.1, 0.15) is 62.3 Å². The fourth-order valence-corrected chi connectivity index (χ4v) is 12.4. The topological polar surface area (TPSA) is 3.24 Å². The van der Waals surface area contributed by atoms with Gasteiger partial charge in [-0.05, 0) is 56.0 Å². The van der Waals surface area contributed by atoms with Crippen molar-refractivity contribution in [1.29, 1.82) is 0 Å². The van der Waals surface area contributed by atoms with Gasteiger partial charge in [0.1, 0.15) is 8.24 Å². The van der Waals surface area contributed by atoms with Crippen molar-refractivity contribution in [2.24, 2.45) is 23.7 Å². The minimum Gasteiger partial charge on any atom is -0.317 e. The summed E-state index contributed by atoms with van der Waals surface area (Å²) in [5.74, 6) is 3.47. The van der Waals surface area contributed by atoms with Crippen molar-refractivity contribution < 1.29 is 0 Å². The second kappa shape index (κ2) is 5.76. The summed E-state index contributed by atoms with van der Waals surface area (Å²) in [7, 11) is -1.47. The fourth-order valence-electron chi connectivity index (χ4n) is 5.84. The Hall–Kier alpha value is 0.177. The van der Waals surface area contributed by atoms with Crippen LogP contribution in [0.4, 0.5) is 0 Å². The summed E-state index contributed by atoms with van der Waals surface area (Å²) in [6.07, 6.45) is 0. The molecule has 0 N–H and O–H groups in total. The summed E-state index contributed by atoms with van der Waals surface area (Å²) in [6.45, 7) is 27.2. The number of hydrogen-bond acceptors (Lipinski definition) is 1. The summed E-state index contributed by atoms with van der Waals surface area (Å²) >= 11 is 0. The lowest BCUT2D eigenvalue weighted by atomic mass is 9.92. The van der Waals surface area contributed by atoms with Gasteiger partial charge in [0.25, 0.3) is 0 Å². The van der Waals surface area contributed by atoms with Crippen molar-refractivity contribution in [3.05, 3.63) is 0 Å². The van der Waals surface area contributed by atoms with Gasteiger partial charge < -0.3 is 4.57 Å². The summed E-state index contributed by atoms with van der Waals surface area (Å²) in [5.41, 5.74) is 1.19. The second-order valence-corrected chi connectivity index (χ2v) is 13.7. The summed E-state index contributed by atoms with van der Waals surface area (Å²) < 4.78 is 2.89. The fraction of sp³-hybridized carbons (Fsp3) is 1.00. The van der Waals surface area contributed by atoms with Crippen molar-refractivity contribution in [2.75, 3.05) is 0 Å². The molecule has 2 heteroatoms. The van der Waals surface area contributed by atoms with E-state index in [1.54, 1.807) is 0 Å². The Morgan fingerprint density at radius 1 is 0.800 bits per heavy atom. The molecular formula is C18H39NSi. The van der Waals surface area contributed by atoms with Crippen molar-refractivity contribution in [1.82, 2.24) is 4.57 Å². The first-order valence-corrected chi connectivity index (χ1v) is 11.6. The first-order valence-electron chi connectivity index (χ1n) is 8.62. The van der Waals surface area contributed by atoms with E-state index in [4.69, 9.17) is 0 Å². The molecule has 1 aliphatic carbocycles. The third kappa shape index (κ3) is 3.01. The molecule has 0 bridgehead atoms. The van der Waals surface area contributed by atoms with Crippen LogP contribution in [0.15, 0.2) is 0 Å². The molecule has 0 amide bonds. The molecule has 0 aromatic rings. The average Bonchev–Trinajstić information content (AvgIpc) is 2.39. The van der Waals surface area contributed by atoms with Gasteiger partial charge in [-0.2, -0.15) is 0 Å². The van der Waals surface area contributed by atoms with E-state index in [2.05, 4.69) is 80.0 Å². The molecule has 120 valence electrons. The predicted molar refractivity (Wildman–Crippen MR) is 94.6 cm³/mol. The molecule has 20 heavy (non-hydrogen) atoms. The Kier molecular flexibility index (Phi) is 5.25. The molecule has 1 rings (SSSR count). The van der Waals surface area contributed by atoms with Crippen LogP contribution in [0.5, 0.6) is 0 Å². The van der Waals surface area contributed by atoms with Gasteiger partial charge >= 0.3 is 0 Å². The van der Waals surface area contributed by atoms with E-state index in [0.717, 1.165) is 29.2 Å². The Balaban J connectivity index is 3.20. The Bertz CT molecular complexity index is 315. The van der Waals surface area contributed by atoms with E-state index in [1.165, 1.54) is 0 Å². The molecule has 0 heterocycles. The highest BCUT2D eigenvalue weighted by atomic mass is 28.3. The van der Waals surface area contributed by atoms with Crippen LogP contribution < -0.4 is 0 Å². The van der Waals surface area contributed by atoms with E-state index >= 15 is 0 Å². The smallest absolute Gasteiger partial charge is 0.126 e. The van der Waals surface area contributed by atoms with Gasteiger partial charge in [0.2, 0.25) is 0 Å². The second-order valence-electron chi connectivity index (χ2n) is 9.25. The van der Waals surface area contributed by atoms with Gasteiger partial charge in [-0.1, -0.05) is 54.6 Å². The minimum atomic E-state index is -1.47. The van der Waals surface area contributed by atoms with Gasteiger partial charge in [-0.25, -0.2) is 0 Å². The van der Waals surface area contributed by atoms with Crippen molar-refractivity contribution in [2.45, 2.75) is 92.5 Å². The zero-order valence-corrected chi connectivity index (χ0v) is 16.9. The molecular weight excluding hydrogens is 258 g/mol. The monoisotopic (exact) mass is 297 g/mol. The first-order chi connectivity index (χ1) is 8.83. The van der Waals surface area contributed by atoms with E-state index < -0.39 is 8.24 Å². The Labute approximate surface area is 129 Å². The zero-order chi connectivity index (χ0) is 16.0. The maximum absolute atomic E-state index is 2.89. The Morgan fingerprint density at radius 2 is 1.15 bits per heavy atom. The highest BCUT2D eigenvalue weighted by Gasteiger charge is 2.53. The highest BCUT2D eigenvalue weighted by Crippen LogP contribution is 2.55. The lowest BCUT2D eigenvalue weighted by molar-refractivity contribution is 0.188. The molecule has 0 radical (unpaired) electrons. The molecule has 0 aliphatic heterocycles. The van der Waals surface area contributed by atoms with Crippen molar-refractivity contribution in [3.8, 4) is 0 Å². The zero-order valence-electron chi connectivity index (χ0n) is 15.9. The van der Waals surface area contributed by atoms with Crippen LogP contribution in [-0.2, 0) is 0 Å². The largest absolute Gasteiger partial charge is 0.317 e. The number of rotatable bonds is 3.